The zero-order valence-corrected chi connectivity index (χ0v) is 16.6. The van der Waals surface area contributed by atoms with Crippen LogP contribution in [-0.4, -0.2) is 43.2 Å². The first-order valence-electron chi connectivity index (χ1n) is 9.97. The van der Waals surface area contributed by atoms with E-state index in [0.29, 0.717) is 30.0 Å². The topological polar surface area (TPSA) is 73.0 Å². The average molecular weight is 399 g/mol. The molecule has 1 aliphatic rings. The summed E-state index contributed by atoms with van der Waals surface area (Å²) in [5.41, 5.74) is 2.59. The monoisotopic (exact) mass is 399 g/mol. The Bertz CT molecular complexity index is 1280. The number of nitrogens with zero attached hydrogens (tertiary/aromatic N) is 5. The Morgan fingerprint density at radius 1 is 1.03 bits per heavy atom. The van der Waals surface area contributed by atoms with Gasteiger partial charge >= 0.3 is 0 Å². The van der Waals surface area contributed by atoms with E-state index in [9.17, 15) is 9.59 Å². The molecule has 0 bridgehead atoms. The molecule has 5 rings (SSSR count). The highest BCUT2D eigenvalue weighted by Gasteiger charge is 2.31. The lowest BCUT2D eigenvalue weighted by molar-refractivity contribution is 0.0786. The first kappa shape index (κ1) is 18.3. The smallest absolute Gasteiger partial charge is 0.279 e. The van der Waals surface area contributed by atoms with Crippen LogP contribution in [0.1, 0.15) is 28.4 Å². The molecule has 0 spiro atoms. The lowest BCUT2D eigenvalue weighted by atomic mass is 9.99. The highest BCUT2D eigenvalue weighted by atomic mass is 16.2. The van der Waals surface area contributed by atoms with Gasteiger partial charge in [-0.25, -0.2) is 9.67 Å². The van der Waals surface area contributed by atoms with E-state index in [4.69, 9.17) is 0 Å². The highest BCUT2D eigenvalue weighted by Crippen LogP contribution is 2.29. The molecular formula is C23H21N5O2. The number of rotatable bonds is 3. The number of para-hydroxylation sites is 1. The van der Waals surface area contributed by atoms with Crippen LogP contribution in [0.5, 0.6) is 0 Å². The van der Waals surface area contributed by atoms with Gasteiger partial charge in [-0.05, 0) is 24.1 Å². The number of carbonyl (C=O) groups excluding carboxylic acids is 1. The van der Waals surface area contributed by atoms with Crippen LogP contribution in [0.3, 0.4) is 0 Å². The molecule has 0 N–H and O–H groups in total. The maximum absolute atomic E-state index is 13.4. The highest BCUT2D eigenvalue weighted by molar-refractivity contribution is 6.03. The molecule has 30 heavy (non-hydrogen) atoms. The van der Waals surface area contributed by atoms with E-state index in [1.807, 2.05) is 53.4 Å². The minimum atomic E-state index is -0.237. The van der Waals surface area contributed by atoms with Crippen molar-refractivity contribution in [2.45, 2.75) is 12.3 Å². The second-order valence-corrected chi connectivity index (χ2v) is 7.60. The van der Waals surface area contributed by atoms with E-state index in [1.54, 1.807) is 7.05 Å². The maximum Gasteiger partial charge on any atom is 0.279 e. The second-order valence-electron chi connectivity index (χ2n) is 7.60. The average Bonchev–Trinajstić information content (AvgIpc) is 3.43. The van der Waals surface area contributed by atoms with Crippen molar-refractivity contribution < 1.29 is 4.79 Å². The molecule has 1 saturated heterocycles. The van der Waals surface area contributed by atoms with Crippen LogP contribution in [0, 0.1) is 0 Å². The molecule has 4 aromatic rings. The minimum absolute atomic E-state index is 0.186. The van der Waals surface area contributed by atoms with Gasteiger partial charge in [-0.2, -0.15) is 5.10 Å². The van der Waals surface area contributed by atoms with Gasteiger partial charge in [0, 0.05) is 26.1 Å². The summed E-state index contributed by atoms with van der Waals surface area (Å²) in [5, 5.41) is 4.55. The van der Waals surface area contributed by atoms with E-state index >= 15 is 0 Å². The summed E-state index contributed by atoms with van der Waals surface area (Å²) < 4.78 is 2.93. The number of amides is 1. The Labute approximate surface area is 173 Å². The zero-order valence-electron chi connectivity index (χ0n) is 16.6. The minimum Gasteiger partial charge on any atom is -0.337 e. The van der Waals surface area contributed by atoms with Gasteiger partial charge in [0.05, 0.1) is 12.0 Å². The number of hydrogen-bond donors (Lipinski definition) is 0. The first-order valence-corrected chi connectivity index (χ1v) is 9.97. The van der Waals surface area contributed by atoms with Crippen LogP contribution >= 0.6 is 0 Å². The van der Waals surface area contributed by atoms with Gasteiger partial charge in [0.2, 0.25) is 0 Å². The third-order valence-electron chi connectivity index (χ3n) is 5.69. The Kier molecular flexibility index (Phi) is 4.43. The third-order valence-corrected chi connectivity index (χ3v) is 5.69. The van der Waals surface area contributed by atoms with Crippen molar-refractivity contribution in [1.82, 2.24) is 24.2 Å². The van der Waals surface area contributed by atoms with Gasteiger partial charge in [-0.1, -0.05) is 48.5 Å². The van der Waals surface area contributed by atoms with Gasteiger partial charge in [0.1, 0.15) is 5.52 Å². The lowest BCUT2D eigenvalue weighted by Gasteiger charge is -2.15. The molecular weight excluding hydrogens is 378 g/mol. The lowest BCUT2D eigenvalue weighted by Crippen LogP contribution is -2.29. The van der Waals surface area contributed by atoms with Gasteiger partial charge in [0.15, 0.2) is 11.2 Å². The van der Waals surface area contributed by atoms with Crippen LogP contribution in [0.25, 0.3) is 16.7 Å². The van der Waals surface area contributed by atoms with E-state index in [1.165, 1.54) is 21.1 Å². The predicted octanol–water partition coefficient (Wildman–Crippen LogP) is 2.75. The van der Waals surface area contributed by atoms with Crippen molar-refractivity contribution in [3.63, 3.8) is 0 Å². The van der Waals surface area contributed by atoms with Crippen molar-refractivity contribution in [3.8, 4) is 5.69 Å². The van der Waals surface area contributed by atoms with Crippen LogP contribution in [0.2, 0.25) is 0 Å². The molecule has 0 unspecified atom stereocenters. The number of likely N-dealkylation sites (tertiary alicyclic amines) is 1. The Balaban J connectivity index is 1.56. The van der Waals surface area contributed by atoms with Gasteiger partial charge in [-0.3, -0.25) is 9.59 Å². The normalized spacial score (nSPS) is 16.3. The Hall–Kier alpha value is -3.74. The Morgan fingerprint density at radius 2 is 1.73 bits per heavy atom. The van der Waals surface area contributed by atoms with Gasteiger partial charge in [-0.15, -0.1) is 0 Å². The third kappa shape index (κ3) is 2.99. The molecule has 0 aliphatic carbocycles. The number of aromatic nitrogens is 4. The first-order chi connectivity index (χ1) is 14.6. The number of aryl methyl sites for hydroxylation is 1. The molecule has 7 heteroatoms. The standard InChI is InChI=1S/C23H21N5O2/c1-26-15-24-19-20(25-28(21(19)23(26)30)18-10-6-3-7-11-18)22(29)27-13-12-17(14-27)16-8-4-2-5-9-16/h2-11,15,17H,12-14H2,1H3/t17-/m0/s1. The summed E-state index contributed by atoms with van der Waals surface area (Å²) >= 11 is 0. The molecule has 1 atom stereocenters. The molecule has 150 valence electrons. The zero-order chi connectivity index (χ0) is 20.7. The van der Waals surface area contributed by atoms with Crippen LogP contribution in [0.15, 0.2) is 71.8 Å². The summed E-state index contributed by atoms with van der Waals surface area (Å²) in [7, 11) is 1.64. The van der Waals surface area contributed by atoms with Crippen LogP contribution in [0.4, 0.5) is 0 Å². The van der Waals surface area contributed by atoms with E-state index in [-0.39, 0.29) is 17.2 Å². The molecule has 1 aliphatic heterocycles. The van der Waals surface area contributed by atoms with Crippen LogP contribution < -0.4 is 5.56 Å². The summed E-state index contributed by atoms with van der Waals surface area (Å²) in [6, 6.07) is 19.6. The summed E-state index contributed by atoms with van der Waals surface area (Å²) in [5.74, 6) is 0.118. The molecule has 0 saturated carbocycles. The van der Waals surface area contributed by atoms with Crippen molar-refractivity contribution in [1.29, 1.82) is 0 Å². The van der Waals surface area contributed by atoms with Crippen molar-refractivity contribution in [3.05, 3.63) is 88.6 Å². The van der Waals surface area contributed by atoms with E-state index in [0.717, 1.165) is 12.1 Å². The number of carbonyl (C=O) groups is 1. The maximum atomic E-state index is 13.4. The van der Waals surface area contributed by atoms with Crippen LogP contribution in [-0.2, 0) is 7.05 Å². The SMILES string of the molecule is Cn1cnc2c(C(=O)N3CC[C@H](c4ccccc4)C3)nn(-c3ccccc3)c2c1=O. The fourth-order valence-corrected chi connectivity index (χ4v) is 4.08. The molecule has 3 heterocycles. The molecule has 2 aromatic heterocycles. The fraction of sp³-hybridized carbons (Fsp3) is 0.217. The summed E-state index contributed by atoms with van der Waals surface area (Å²) in [6.07, 6.45) is 2.34. The van der Waals surface area contributed by atoms with Gasteiger partial charge in [0.25, 0.3) is 11.5 Å². The van der Waals surface area contributed by atoms with Crippen molar-refractivity contribution in [2.24, 2.45) is 7.05 Å². The largest absolute Gasteiger partial charge is 0.337 e. The fourth-order valence-electron chi connectivity index (χ4n) is 4.08. The quantitative estimate of drug-likeness (QED) is 0.531. The molecule has 7 nitrogen and oxygen atoms in total. The molecule has 1 amide bonds. The van der Waals surface area contributed by atoms with Crippen molar-refractivity contribution >= 4 is 16.9 Å². The molecule has 0 radical (unpaired) electrons. The molecule has 2 aromatic carbocycles. The van der Waals surface area contributed by atoms with Gasteiger partial charge < -0.3 is 9.47 Å². The molecule has 1 fully saturated rings. The van der Waals surface area contributed by atoms with Crippen molar-refractivity contribution in [2.75, 3.05) is 13.1 Å². The predicted molar refractivity (Wildman–Crippen MR) is 114 cm³/mol. The van der Waals surface area contributed by atoms with E-state index in [2.05, 4.69) is 22.2 Å². The number of hydrogen-bond acceptors (Lipinski definition) is 4. The van der Waals surface area contributed by atoms with E-state index < -0.39 is 0 Å². The number of fused-ring (bicyclic) bond motifs is 1. The number of benzene rings is 2. The summed E-state index contributed by atoms with van der Waals surface area (Å²) in [6.45, 7) is 1.29. The summed E-state index contributed by atoms with van der Waals surface area (Å²) in [4.78, 5) is 32.4. The second kappa shape index (κ2) is 7.26. The Morgan fingerprint density at radius 3 is 2.47 bits per heavy atom.